The molecule has 0 bridgehead atoms. The molecule has 1 rings (SSSR count). The van der Waals surface area contributed by atoms with E-state index in [4.69, 9.17) is 0 Å². The van der Waals surface area contributed by atoms with Crippen LogP contribution in [-0.2, 0) is 13.0 Å². The van der Waals surface area contributed by atoms with Crippen LogP contribution in [0.3, 0.4) is 0 Å². The highest BCUT2D eigenvalue weighted by molar-refractivity contribution is 5.06. The normalized spacial score (nSPS) is 12.4. The lowest BCUT2D eigenvalue weighted by Crippen LogP contribution is -2.15. The van der Waals surface area contributed by atoms with Gasteiger partial charge in [0.05, 0.1) is 0 Å². The summed E-state index contributed by atoms with van der Waals surface area (Å²) in [4.78, 5) is 4.36. The Morgan fingerprint density at radius 2 is 2.21 bits per heavy atom. The smallest absolute Gasteiger partial charge is 0.138 e. The molecule has 0 saturated heterocycles. The molecular formula is C15H28N4. The first-order valence-electron chi connectivity index (χ1n) is 7.36. The van der Waals surface area contributed by atoms with Crippen molar-refractivity contribution in [3.05, 3.63) is 23.8 Å². The Morgan fingerprint density at radius 1 is 1.42 bits per heavy atom. The van der Waals surface area contributed by atoms with Gasteiger partial charge in [-0.1, -0.05) is 32.4 Å². The van der Waals surface area contributed by atoms with Crippen LogP contribution in [0.4, 0.5) is 0 Å². The average Bonchev–Trinajstić information content (AvgIpc) is 2.75. The molecule has 0 aliphatic carbocycles. The van der Waals surface area contributed by atoms with Crippen molar-refractivity contribution in [2.75, 3.05) is 13.1 Å². The van der Waals surface area contributed by atoms with Gasteiger partial charge in [-0.15, -0.1) is 0 Å². The van der Waals surface area contributed by atoms with Crippen molar-refractivity contribution in [1.29, 1.82) is 0 Å². The van der Waals surface area contributed by atoms with Gasteiger partial charge < -0.3 is 5.32 Å². The molecule has 0 spiro atoms. The number of nitrogens with zero attached hydrogens (tertiary/aromatic N) is 3. The molecule has 1 N–H and O–H groups in total. The number of nitrogens with one attached hydrogen (secondary N) is 1. The summed E-state index contributed by atoms with van der Waals surface area (Å²) in [5.41, 5.74) is 1.37. The predicted molar refractivity (Wildman–Crippen MR) is 80.1 cm³/mol. The minimum Gasteiger partial charge on any atom is -0.316 e. The van der Waals surface area contributed by atoms with Gasteiger partial charge in [-0.05, 0) is 38.8 Å². The van der Waals surface area contributed by atoms with Gasteiger partial charge >= 0.3 is 0 Å². The van der Waals surface area contributed by atoms with Crippen LogP contribution in [0.2, 0.25) is 0 Å². The van der Waals surface area contributed by atoms with Crippen LogP contribution in [0, 0.1) is 5.92 Å². The molecule has 0 saturated carbocycles. The zero-order valence-corrected chi connectivity index (χ0v) is 12.8. The highest BCUT2D eigenvalue weighted by Gasteiger charge is 2.06. The molecule has 0 unspecified atom stereocenters. The standard InChI is InChI=1S/C15H28N4/c1-5-8-16-9-6-7-14(4)10-15-17-12-18-19(15)11-13(2)3/h7,12-13,16H,5-6,8-11H2,1-4H3. The van der Waals surface area contributed by atoms with E-state index >= 15 is 0 Å². The summed E-state index contributed by atoms with van der Waals surface area (Å²) in [5.74, 6) is 1.67. The van der Waals surface area contributed by atoms with Gasteiger partial charge in [0.1, 0.15) is 12.2 Å². The van der Waals surface area contributed by atoms with Crippen molar-refractivity contribution in [2.45, 2.75) is 53.5 Å². The quantitative estimate of drug-likeness (QED) is 0.551. The van der Waals surface area contributed by atoms with E-state index in [9.17, 15) is 0 Å². The third-order valence-electron chi connectivity index (χ3n) is 2.91. The first-order chi connectivity index (χ1) is 9.13. The summed E-state index contributed by atoms with van der Waals surface area (Å²) in [6.45, 7) is 11.9. The molecule has 0 aliphatic rings. The van der Waals surface area contributed by atoms with Gasteiger partial charge in [0.2, 0.25) is 0 Å². The predicted octanol–water partition coefficient (Wildman–Crippen LogP) is 2.81. The molecule has 0 atom stereocenters. The van der Waals surface area contributed by atoms with Gasteiger partial charge in [0.25, 0.3) is 0 Å². The largest absolute Gasteiger partial charge is 0.316 e. The molecule has 19 heavy (non-hydrogen) atoms. The Morgan fingerprint density at radius 3 is 2.89 bits per heavy atom. The third-order valence-corrected chi connectivity index (χ3v) is 2.91. The number of rotatable bonds is 9. The summed E-state index contributed by atoms with van der Waals surface area (Å²) in [6.07, 6.45) is 7.15. The summed E-state index contributed by atoms with van der Waals surface area (Å²) < 4.78 is 2.03. The molecule has 0 amide bonds. The monoisotopic (exact) mass is 264 g/mol. The lowest BCUT2D eigenvalue weighted by Gasteiger charge is -2.08. The highest BCUT2D eigenvalue weighted by Crippen LogP contribution is 2.07. The summed E-state index contributed by atoms with van der Waals surface area (Å²) >= 11 is 0. The van der Waals surface area contributed by atoms with Crippen molar-refractivity contribution in [1.82, 2.24) is 20.1 Å². The van der Waals surface area contributed by atoms with Crippen LogP contribution >= 0.6 is 0 Å². The maximum atomic E-state index is 4.36. The topological polar surface area (TPSA) is 42.7 Å². The lowest BCUT2D eigenvalue weighted by molar-refractivity contribution is 0.468. The molecule has 1 aromatic heterocycles. The fourth-order valence-corrected chi connectivity index (χ4v) is 1.97. The first kappa shape index (κ1) is 15.9. The number of aromatic nitrogens is 3. The Bertz CT molecular complexity index is 379. The zero-order chi connectivity index (χ0) is 14.1. The highest BCUT2D eigenvalue weighted by atomic mass is 15.3. The van der Waals surface area contributed by atoms with Crippen molar-refractivity contribution in [2.24, 2.45) is 5.92 Å². The molecule has 1 aromatic rings. The SMILES string of the molecule is CCCNCCC=C(C)Cc1ncnn1CC(C)C. The van der Waals surface area contributed by atoms with E-state index in [1.807, 2.05) is 4.68 Å². The molecule has 0 aromatic carbocycles. The Balaban J connectivity index is 2.41. The van der Waals surface area contributed by atoms with E-state index in [2.05, 4.69) is 49.2 Å². The van der Waals surface area contributed by atoms with Crippen molar-refractivity contribution in [3.8, 4) is 0 Å². The van der Waals surface area contributed by atoms with Crippen LogP contribution in [0.25, 0.3) is 0 Å². The summed E-state index contributed by atoms with van der Waals surface area (Å²) in [6, 6.07) is 0. The van der Waals surface area contributed by atoms with E-state index < -0.39 is 0 Å². The first-order valence-corrected chi connectivity index (χ1v) is 7.36. The second-order valence-corrected chi connectivity index (χ2v) is 5.52. The maximum absolute atomic E-state index is 4.36. The Kier molecular flexibility index (Phi) is 7.41. The maximum Gasteiger partial charge on any atom is 0.138 e. The summed E-state index contributed by atoms with van der Waals surface area (Å²) in [5, 5.41) is 7.71. The van der Waals surface area contributed by atoms with Crippen LogP contribution in [-0.4, -0.2) is 27.9 Å². The molecular weight excluding hydrogens is 236 g/mol. The Hall–Kier alpha value is -1.16. The lowest BCUT2D eigenvalue weighted by atomic mass is 10.1. The van der Waals surface area contributed by atoms with Crippen LogP contribution < -0.4 is 5.32 Å². The zero-order valence-electron chi connectivity index (χ0n) is 12.8. The van der Waals surface area contributed by atoms with Crippen molar-refractivity contribution < 1.29 is 0 Å². The third kappa shape index (κ3) is 6.53. The molecule has 108 valence electrons. The van der Waals surface area contributed by atoms with Gasteiger partial charge in [0.15, 0.2) is 0 Å². The molecule has 0 radical (unpaired) electrons. The minimum atomic E-state index is 0.600. The van der Waals surface area contributed by atoms with E-state index in [0.29, 0.717) is 5.92 Å². The van der Waals surface area contributed by atoms with Crippen LogP contribution in [0.1, 0.15) is 46.4 Å². The average molecular weight is 264 g/mol. The van der Waals surface area contributed by atoms with E-state index in [1.165, 1.54) is 12.0 Å². The van der Waals surface area contributed by atoms with E-state index in [1.54, 1.807) is 6.33 Å². The molecule has 1 heterocycles. The van der Waals surface area contributed by atoms with Crippen molar-refractivity contribution >= 4 is 0 Å². The minimum absolute atomic E-state index is 0.600. The molecule has 4 nitrogen and oxygen atoms in total. The number of hydrogen-bond donors (Lipinski definition) is 1. The van der Waals surface area contributed by atoms with Crippen molar-refractivity contribution in [3.63, 3.8) is 0 Å². The molecule has 4 heteroatoms. The second-order valence-electron chi connectivity index (χ2n) is 5.52. The molecule has 0 fully saturated rings. The van der Waals surface area contributed by atoms with Gasteiger partial charge in [-0.3, -0.25) is 0 Å². The summed E-state index contributed by atoms with van der Waals surface area (Å²) in [7, 11) is 0. The van der Waals surface area contributed by atoms with Gasteiger partial charge in [0, 0.05) is 13.0 Å². The van der Waals surface area contributed by atoms with E-state index in [-0.39, 0.29) is 0 Å². The number of allylic oxidation sites excluding steroid dienone is 1. The second kappa shape index (κ2) is 8.86. The van der Waals surface area contributed by atoms with Gasteiger partial charge in [-0.2, -0.15) is 5.10 Å². The van der Waals surface area contributed by atoms with Gasteiger partial charge in [-0.25, -0.2) is 9.67 Å². The Labute approximate surface area is 117 Å². The fourth-order valence-electron chi connectivity index (χ4n) is 1.97. The van der Waals surface area contributed by atoms with E-state index in [0.717, 1.165) is 38.3 Å². The molecule has 0 aliphatic heterocycles. The number of hydrogen-bond acceptors (Lipinski definition) is 3. The fraction of sp³-hybridized carbons (Fsp3) is 0.733. The van der Waals surface area contributed by atoms with Crippen LogP contribution in [0.15, 0.2) is 18.0 Å². The van der Waals surface area contributed by atoms with Crippen LogP contribution in [0.5, 0.6) is 0 Å².